The zero-order chi connectivity index (χ0) is 18.4. The van der Waals surface area contributed by atoms with E-state index in [2.05, 4.69) is 12.6 Å². The highest BCUT2D eigenvalue weighted by Crippen LogP contribution is 2.29. The Balaban J connectivity index is 1.83. The molecule has 5 heteroatoms. The molecule has 132 valence electrons. The molecule has 0 atom stereocenters. The highest BCUT2D eigenvalue weighted by atomic mass is 32.1. The van der Waals surface area contributed by atoms with Gasteiger partial charge in [0, 0.05) is 11.0 Å². The summed E-state index contributed by atoms with van der Waals surface area (Å²) in [6.07, 6.45) is 0. The minimum Gasteiger partial charge on any atom is -0.489 e. The van der Waals surface area contributed by atoms with Crippen molar-refractivity contribution in [1.29, 1.82) is 0 Å². The van der Waals surface area contributed by atoms with Gasteiger partial charge in [0.05, 0.1) is 12.7 Å². The van der Waals surface area contributed by atoms with Gasteiger partial charge in [-0.15, -0.1) is 12.6 Å². The first-order valence-electron chi connectivity index (χ1n) is 8.01. The Labute approximate surface area is 157 Å². The van der Waals surface area contributed by atoms with Crippen molar-refractivity contribution in [2.75, 3.05) is 7.11 Å². The number of hydrogen-bond donors (Lipinski definition) is 1. The fourth-order valence-electron chi connectivity index (χ4n) is 2.34. The van der Waals surface area contributed by atoms with Crippen LogP contribution in [0.5, 0.6) is 17.2 Å². The van der Waals surface area contributed by atoms with Crippen LogP contribution in [0.3, 0.4) is 0 Å². The molecular formula is C21H18O4S. The van der Waals surface area contributed by atoms with E-state index in [4.69, 9.17) is 14.2 Å². The van der Waals surface area contributed by atoms with Gasteiger partial charge in [0.15, 0.2) is 0 Å². The van der Waals surface area contributed by atoms with Gasteiger partial charge < -0.3 is 14.2 Å². The van der Waals surface area contributed by atoms with E-state index in [0.717, 1.165) is 10.5 Å². The van der Waals surface area contributed by atoms with Crippen molar-refractivity contribution in [3.8, 4) is 17.2 Å². The number of thiol groups is 1. The second-order valence-corrected chi connectivity index (χ2v) is 6.07. The van der Waals surface area contributed by atoms with Crippen LogP contribution in [-0.2, 0) is 11.3 Å². The van der Waals surface area contributed by atoms with Gasteiger partial charge in [-0.3, -0.25) is 0 Å². The van der Waals surface area contributed by atoms with E-state index in [1.807, 2.05) is 42.5 Å². The number of carbonyl (C=O) groups excluding carboxylic acids is 1. The Bertz CT molecular complexity index is 876. The maximum atomic E-state index is 11.9. The van der Waals surface area contributed by atoms with Gasteiger partial charge in [0.2, 0.25) is 0 Å². The zero-order valence-electron chi connectivity index (χ0n) is 14.2. The molecule has 0 amide bonds. The van der Waals surface area contributed by atoms with E-state index < -0.39 is 5.97 Å². The lowest BCUT2D eigenvalue weighted by molar-refractivity contribution is 0.0600. The molecule has 0 spiro atoms. The van der Waals surface area contributed by atoms with Crippen LogP contribution < -0.4 is 9.47 Å². The summed E-state index contributed by atoms with van der Waals surface area (Å²) in [5.41, 5.74) is 1.39. The van der Waals surface area contributed by atoms with E-state index in [-0.39, 0.29) is 0 Å². The van der Waals surface area contributed by atoms with Crippen LogP contribution in [0.2, 0.25) is 0 Å². The lowest BCUT2D eigenvalue weighted by atomic mass is 10.2. The number of ether oxygens (including phenoxy) is 3. The maximum absolute atomic E-state index is 11.9. The van der Waals surface area contributed by atoms with E-state index in [9.17, 15) is 4.79 Å². The first kappa shape index (κ1) is 17.9. The molecule has 0 N–H and O–H groups in total. The monoisotopic (exact) mass is 366 g/mol. The molecule has 0 aliphatic carbocycles. The fraction of sp³-hybridized carbons (Fsp3) is 0.0952. The molecule has 0 aliphatic rings. The Morgan fingerprint density at radius 3 is 2.27 bits per heavy atom. The van der Waals surface area contributed by atoms with Crippen LogP contribution in [0.15, 0.2) is 77.7 Å². The SMILES string of the molecule is COC(=O)c1cc(OCc2ccccc2)cc(Oc2ccc(S)cc2)c1. The van der Waals surface area contributed by atoms with Gasteiger partial charge in [-0.25, -0.2) is 4.79 Å². The van der Waals surface area contributed by atoms with Gasteiger partial charge in [-0.2, -0.15) is 0 Å². The smallest absolute Gasteiger partial charge is 0.338 e. The normalized spacial score (nSPS) is 10.2. The van der Waals surface area contributed by atoms with Crippen molar-refractivity contribution < 1.29 is 19.0 Å². The minimum atomic E-state index is -0.453. The standard InChI is InChI=1S/C21H18O4S/c1-23-21(22)16-11-18(24-14-15-5-3-2-4-6-15)13-19(12-16)25-17-7-9-20(26)10-8-17/h2-13,26H,14H2,1H3. The van der Waals surface area contributed by atoms with Gasteiger partial charge in [0.25, 0.3) is 0 Å². The number of rotatable bonds is 6. The lowest BCUT2D eigenvalue weighted by Gasteiger charge is -2.12. The molecule has 4 nitrogen and oxygen atoms in total. The Morgan fingerprint density at radius 2 is 1.58 bits per heavy atom. The van der Waals surface area contributed by atoms with Crippen LogP contribution >= 0.6 is 12.6 Å². The summed E-state index contributed by atoms with van der Waals surface area (Å²) in [5, 5.41) is 0. The molecule has 0 saturated heterocycles. The molecule has 0 aliphatic heterocycles. The predicted molar refractivity (Wildman–Crippen MR) is 102 cm³/mol. The number of hydrogen-bond acceptors (Lipinski definition) is 5. The summed E-state index contributed by atoms with van der Waals surface area (Å²) in [6, 6.07) is 22.1. The molecule has 0 saturated carbocycles. The van der Waals surface area contributed by atoms with Crippen LogP contribution in [-0.4, -0.2) is 13.1 Å². The molecular weight excluding hydrogens is 348 g/mol. The Hall–Kier alpha value is -2.92. The first-order valence-corrected chi connectivity index (χ1v) is 8.46. The zero-order valence-corrected chi connectivity index (χ0v) is 15.1. The van der Waals surface area contributed by atoms with Crippen molar-refractivity contribution in [1.82, 2.24) is 0 Å². The number of benzene rings is 3. The average molecular weight is 366 g/mol. The van der Waals surface area contributed by atoms with Crippen molar-refractivity contribution in [2.24, 2.45) is 0 Å². The Morgan fingerprint density at radius 1 is 0.885 bits per heavy atom. The van der Waals surface area contributed by atoms with Gasteiger partial charge in [-0.05, 0) is 42.0 Å². The van der Waals surface area contributed by atoms with Crippen LogP contribution in [0.1, 0.15) is 15.9 Å². The van der Waals surface area contributed by atoms with Gasteiger partial charge in [0.1, 0.15) is 23.9 Å². The van der Waals surface area contributed by atoms with Crippen molar-refractivity contribution in [3.05, 3.63) is 83.9 Å². The molecule has 0 bridgehead atoms. The van der Waals surface area contributed by atoms with Gasteiger partial charge >= 0.3 is 5.97 Å². The highest BCUT2D eigenvalue weighted by molar-refractivity contribution is 7.80. The third kappa shape index (κ3) is 4.80. The molecule has 3 aromatic rings. The average Bonchev–Trinajstić information content (AvgIpc) is 2.68. The van der Waals surface area contributed by atoms with E-state index in [0.29, 0.717) is 29.4 Å². The highest BCUT2D eigenvalue weighted by Gasteiger charge is 2.11. The predicted octanol–water partition coefficient (Wildman–Crippen LogP) is 5.13. The second kappa shape index (κ2) is 8.45. The van der Waals surface area contributed by atoms with E-state index >= 15 is 0 Å². The lowest BCUT2D eigenvalue weighted by Crippen LogP contribution is -2.03. The summed E-state index contributed by atoms with van der Waals surface area (Å²) in [7, 11) is 1.34. The third-order valence-electron chi connectivity index (χ3n) is 3.62. The number of carbonyl (C=O) groups is 1. The summed E-state index contributed by atoms with van der Waals surface area (Å²) in [5.74, 6) is 1.20. The number of esters is 1. The van der Waals surface area contributed by atoms with Crippen LogP contribution in [0, 0.1) is 0 Å². The first-order chi connectivity index (χ1) is 12.6. The topological polar surface area (TPSA) is 44.8 Å². The van der Waals surface area contributed by atoms with Crippen LogP contribution in [0.25, 0.3) is 0 Å². The number of methoxy groups -OCH3 is 1. The van der Waals surface area contributed by atoms with Crippen molar-refractivity contribution >= 4 is 18.6 Å². The molecule has 0 heterocycles. The summed E-state index contributed by atoms with van der Waals surface area (Å²) >= 11 is 4.26. The Kier molecular flexibility index (Phi) is 5.81. The molecule has 0 unspecified atom stereocenters. The maximum Gasteiger partial charge on any atom is 0.338 e. The second-order valence-electron chi connectivity index (χ2n) is 5.55. The molecule has 0 fully saturated rings. The van der Waals surface area contributed by atoms with Crippen molar-refractivity contribution in [3.63, 3.8) is 0 Å². The van der Waals surface area contributed by atoms with Crippen LogP contribution in [0.4, 0.5) is 0 Å². The summed E-state index contributed by atoms with van der Waals surface area (Å²) in [6.45, 7) is 0.388. The third-order valence-corrected chi connectivity index (χ3v) is 3.92. The molecule has 3 rings (SSSR count). The summed E-state index contributed by atoms with van der Waals surface area (Å²) < 4.78 is 16.5. The molecule has 0 aromatic heterocycles. The molecule has 3 aromatic carbocycles. The van der Waals surface area contributed by atoms with Gasteiger partial charge in [-0.1, -0.05) is 30.3 Å². The summed E-state index contributed by atoms with van der Waals surface area (Å²) in [4.78, 5) is 12.8. The quantitative estimate of drug-likeness (QED) is 0.485. The van der Waals surface area contributed by atoms with Crippen molar-refractivity contribution in [2.45, 2.75) is 11.5 Å². The van der Waals surface area contributed by atoms with E-state index in [1.54, 1.807) is 30.3 Å². The fourth-order valence-corrected chi connectivity index (χ4v) is 2.49. The largest absolute Gasteiger partial charge is 0.489 e. The molecule has 26 heavy (non-hydrogen) atoms. The molecule has 0 radical (unpaired) electrons. The van der Waals surface area contributed by atoms with E-state index in [1.165, 1.54) is 7.11 Å². The minimum absolute atomic E-state index is 0.360.